The third-order valence-corrected chi connectivity index (χ3v) is 3.81. The molecule has 0 spiro atoms. The molecule has 0 aliphatic rings. The van der Waals surface area contributed by atoms with Gasteiger partial charge in [0.05, 0.1) is 7.11 Å². The molecule has 0 fully saturated rings. The predicted octanol–water partition coefficient (Wildman–Crippen LogP) is 2.48. The number of benzene rings is 2. The molecule has 0 heterocycles. The highest BCUT2D eigenvalue weighted by Gasteiger charge is 2.06. The predicted molar refractivity (Wildman–Crippen MR) is 97.8 cm³/mol. The quantitative estimate of drug-likeness (QED) is 0.776. The van der Waals surface area contributed by atoms with E-state index in [-0.39, 0.29) is 18.2 Å². The first-order valence-corrected chi connectivity index (χ1v) is 8.33. The van der Waals surface area contributed by atoms with Crippen molar-refractivity contribution in [3.05, 3.63) is 65.2 Å². The van der Waals surface area contributed by atoms with Gasteiger partial charge in [-0.1, -0.05) is 29.8 Å². The first kappa shape index (κ1) is 18.5. The van der Waals surface area contributed by atoms with Gasteiger partial charge in [-0.2, -0.15) is 0 Å². The summed E-state index contributed by atoms with van der Waals surface area (Å²) in [7, 11) is 1.63. The Morgan fingerprint density at radius 3 is 2.44 bits per heavy atom. The van der Waals surface area contributed by atoms with Gasteiger partial charge in [0.1, 0.15) is 5.75 Å². The second-order valence-electron chi connectivity index (χ2n) is 5.82. The maximum absolute atomic E-state index is 12.0. The number of aryl methyl sites for hydroxylation is 1. The fourth-order valence-electron chi connectivity index (χ4n) is 2.40. The molecule has 2 N–H and O–H groups in total. The van der Waals surface area contributed by atoms with E-state index < -0.39 is 0 Å². The van der Waals surface area contributed by atoms with E-state index in [0.717, 1.165) is 23.3 Å². The maximum Gasteiger partial charge on any atom is 0.251 e. The van der Waals surface area contributed by atoms with E-state index in [1.807, 2.05) is 49.4 Å². The average molecular weight is 340 g/mol. The van der Waals surface area contributed by atoms with E-state index in [9.17, 15) is 9.59 Å². The highest BCUT2D eigenvalue weighted by molar-refractivity contribution is 5.94. The molecule has 2 aromatic rings. The number of hydrogen-bond acceptors (Lipinski definition) is 3. The van der Waals surface area contributed by atoms with E-state index in [1.165, 1.54) is 0 Å². The Kier molecular flexibility index (Phi) is 7.01. The van der Waals surface area contributed by atoms with Gasteiger partial charge in [0.2, 0.25) is 5.91 Å². The highest BCUT2D eigenvalue weighted by Crippen LogP contribution is 2.11. The van der Waals surface area contributed by atoms with Crippen molar-refractivity contribution in [2.24, 2.45) is 0 Å². The molecule has 0 saturated heterocycles. The summed E-state index contributed by atoms with van der Waals surface area (Å²) < 4.78 is 5.11. The fourth-order valence-corrected chi connectivity index (χ4v) is 2.40. The van der Waals surface area contributed by atoms with Gasteiger partial charge in [-0.3, -0.25) is 9.59 Å². The molecule has 0 saturated carbocycles. The number of ether oxygens (including phenoxy) is 1. The van der Waals surface area contributed by atoms with Crippen LogP contribution in [0.25, 0.3) is 0 Å². The fraction of sp³-hybridized carbons (Fsp3) is 0.300. The molecular formula is C20H24N2O3. The number of hydrogen-bond donors (Lipinski definition) is 2. The Morgan fingerprint density at radius 2 is 1.76 bits per heavy atom. The van der Waals surface area contributed by atoms with Crippen LogP contribution in [0.5, 0.6) is 5.75 Å². The topological polar surface area (TPSA) is 67.4 Å². The van der Waals surface area contributed by atoms with Gasteiger partial charge in [0.15, 0.2) is 0 Å². The minimum absolute atomic E-state index is 0.0712. The standard InChI is InChI=1S/C20H24N2O3/c1-15-4-3-5-17(14-15)20(24)22-13-11-19(23)21-12-10-16-6-8-18(25-2)9-7-16/h3-9,14H,10-13H2,1-2H3,(H,21,23)(H,22,24). The van der Waals surface area contributed by atoms with Crippen molar-refractivity contribution in [3.8, 4) is 5.75 Å². The van der Waals surface area contributed by atoms with Crippen LogP contribution in [0.2, 0.25) is 0 Å². The SMILES string of the molecule is COc1ccc(CCNC(=O)CCNC(=O)c2cccc(C)c2)cc1. The van der Waals surface area contributed by atoms with Crippen LogP contribution in [-0.4, -0.2) is 32.0 Å². The molecule has 0 aliphatic heterocycles. The van der Waals surface area contributed by atoms with Crippen molar-refractivity contribution < 1.29 is 14.3 Å². The van der Waals surface area contributed by atoms with E-state index in [2.05, 4.69) is 10.6 Å². The summed E-state index contributed by atoms with van der Waals surface area (Å²) in [5.74, 6) is 0.588. The van der Waals surface area contributed by atoms with E-state index in [0.29, 0.717) is 18.7 Å². The van der Waals surface area contributed by atoms with Gasteiger partial charge >= 0.3 is 0 Å². The second-order valence-corrected chi connectivity index (χ2v) is 5.82. The Hall–Kier alpha value is -2.82. The minimum atomic E-state index is -0.158. The smallest absolute Gasteiger partial charge is 0.251 e. The van der Waals surface area contributed by atoms with Crippen LogP contribution in [0.3, 0.4) is 0 Å². The van der Waals surface area contributed by atoms with Crippen molar-refractivity contribution in [1.82, 2.24) is 10.6 Å². The molecular weight excluding hydrogens is 316 g/mol. The van der Waals surface area contributed by atoms with Gasteiger partial charge in [0, 0.05) is 25.1 Å². The average Bonchev–Trinajstić information content (AvgIpc) is 2.62. The van der Waals surface area contributed by atoms with Crippen molar-refractivity contribution in [1.29, 1.82) is 0 Å². The molecule has 25 heavy (non-hydrogen) atoms. The summed E-state index contributed by atoms with van der Waals surface area (Å²) in [5, 5.41) is 5.63. The number of carbonyl (C=O) groups excluding carboxylic acids is 2. The molecule has 0 aliphatic carbocycles. The maximum atomic E-state index is 12.0. The largest absolute Gasteiger partial charge is 0.497 e. The summed E-state index contributed by atoms with van der Waals surface area (Å²) in [5.41, 5.74) is 2.78. The molecule has 0 bridgehead atoms. The lowest BCUT2D eigenvalue weighted by Gasteiger charge is -2.08. The highest BCUT2D eigenvalue weighted by atomic mass is 16.5. The summed E-state index contributed by atoms with van der Waals surface area (Å²) in [4.78, 5) is 23.8. The van der Waals surface area contributed by atoms with Crippen LogP contribution >= 0.6 is 0 Å². The first-order chi connectivity index (χ1) is 12.1. The van der Waals surface area contributed by atoms with Crippen LogP contribution in [0, 0.1) is 6.92 Å². The normalized spacial score (nSPS) is 10.2. The molecule has 2 aromatic carbocycles. The monoisotopic (exact) mass is 340 g/mol. The number of nitrogens with one attached hydrogen (secondary N) is 2. The Balaban J connectivity index is 1.64. The van der Waals surface area contributed by atoms with Crippen molar-refractivity contribution in [3.63, 3.8) is 0 Å². The second kappa shape index (κ2) is 9.47. The van der Waals surface area contributed by atoms with Gasteiger partial charge in [-0.25, -0.2) is 0 Å². The zero-order valence-corrected chi connectivity index (χ0v) is 14.7. The van der Waals surface area contributed by atoms with Crippen molar-refractivity contribution >= 4 is 11.8 Å². The molecule has 0 radical (unpaired) electrons. The Morgan fingerprint density at radius 1 is 1.00 bits per heavy atom. The zero-order valence-electron chi connectivity index (χ0n) is 14.7. The third kappa shape index (κ3) is 6.30. The van der Waals surface area contributed by atoms with Gasteiger partial charge in [0.25, 0.3) is 5.91 Å². The Bertz CT molecular complexity index is 711. The lowest BCUT2D eigenvalue weighted by atomic mass is 10.1. The number of methoxy groups -OCH3 is 1. The summed E-state index contributed by atoms with van der Waals surface area (Å²) in [6.07, 6.45) is 1.02. The molecule has 2 rings (SSSR count). The number of amides is 2. The van der Waals surface area contributed by atoms with Gasteiger partial charge in [-0.15, -0.1) is 0 Å². The molecule has 132 valence electrons. The van der Waals surface area contributed by atoms with E-state index in [1.54, 1.807) is 13.2 Å². The molecule has 0 aromatic heterocycles. The molecule has 0 unspecified atom stereocenters. The first-order valence-electron chi connectivity index (χ1n) is 8.33. The lowest BCUT2D eigenvalue weighted by Crippen LogP contribution is -2.31. The van der Waals surface area contributed by atoms with Crippen molar-refractivity contribution in [2.75, 3.05) is 20.2 Å². The minimum Gasteiger partial charge on any atom is -0.497 e. The summed E-state index contributed by atoms with van der Waals surface area (Å²) in [6.45, 7) is 2.82. The van der Waals surface area contributed by atoms with Crippen LogP contribution in [0.1, 0.15) is 27.9 Å². The Labute approximate surface area is 148 Å². The van der Waals surface area contributed by atoms with Crippen LogP contribution in [-0.2, 0) is 11.2 Å². The third-order valence-electron chi connectivity index (χ3n) is 3.81. The van der Waals surface area contributed by atoms with E-state index >= 15 is 0 Å². The van der Waals surface area contributed by atoms with Crippen LogP contribution in [0.4, 0.5) is 0 Å². The van der Waals surface area contributed by atoms with Gasteiger partial charge in [-0.05, 0) is 43.2 Å². The molecule has 0 atom stereocenters. The van der Waals surface area contributed by atoms with E-state index in [4.69, 9.17) is 4.74 Å². The molecule has 2 amide bonds. The van der Waals surface area contributed by atoms with Crippen LogP contribution in [0.15, 0.2) is 48.5 Å². The number of carbonyl (C=O) groups is 2. The molecule has 5 heteroatoms. The van der Waals surface area contributed by atoms with Crippen molar-refractivity contribution in [2.45, 2.75) is 19.8 Å². The van der Waals surface area contributed by atoms with Gasteiger partial charge < -0.3 is 15.4 Å². The van der Waals surface area contributed by atoms with Crippen LogP contribution < -0.4 is 15.4 Å². The lowest BCUT2D eigenvalue weighted by molar-refractivity contribution is -0.120. The summed E-state index contributed by atoms with van der Waals surface area (Å²) >= 11 is 0. The number of rotatable bonds is 8. The zero-order chi connectivity index (χ0) is 18.1. The molecule has 5 nitrogen and oxygen atoms in total. The summed E-state index contributed by atoms with van der Waals surface area (Å²) in [6, 6.07) is 15.1.